The Morgan fingerprint density at radius 3 is 2.61 bits per heavy atom. The van der Waals surface area contributed by atoms with E-state index in [0.717, 1.165) is 11.6 Å². The zero-order valence-corrected chi connectivity index (χ0v) is 17.4. The van der Waals surface area contributed by atoms with Crippen molar-refractivity contribution in [2.24, 2.45) is 0 Å². The molecule has 6 nitrogen and oxygen atoms in total. The van der Waals surface area contributed by atoms with E-state index >= 15 is 0 Å². The minimum absolute atomic E-state index is 0.0137. The van der Waals surface area contributed by atoms with Gasteiger partial charge in [-0.05, 0) is 50.0 Å². The van der Waals surface area contributed by atoms with Crippen molar-refractivity contribution in [2.75, 3.05) is 33.8 Å². The van der Waals surface area contributed by atoms with Crippen LogP contribution in [0.2, 0.25) is 0 Å². The zero-order chi connectivity index (χ0) is 22.1. The van der Waals surface area contributed by atoms with Crippen molar-refractivity contribution in [3.05, 3.63) is 88.0 Å². The van der Waals surface area contributed by atoms with Crippen molar-refractivity contribution in [1.82, 2.24) is 9.80 Å². The third-order valence-electron chi connectivity index (χ3n) is 5.28. The summed E-state index contributed by atoms with van der Waals surface area (Å²) in [6, 6.07) is 10.3. The Kier molecular flexibility index (Phi) is 5.61. The first-order chi connectivity index (χ1) is 14.9. The van der Waals surface area contributed by atoms with E-state index < -0.39 is 17.3 Å². The van der Waals surface area contributed by atoms with Crippen LogP contribution in [0, 0.1) is 5.82 Å². The summed E-state index contributed by atoms with van der Waals surface area (Å²) in [7, 11) is 3.82. The van der Waals surface area contributed by atoms with Crippen molar-refractivity contribution in [3.8, 4) is 5.75 Å². The van der Waals surface area contributed by atoms with E-state index in [4.69, 9.17) is 9.15 Å². The first-order valence-corrected chi connectivity index (χ1v) is 9.96. The summed E-state index contributed by atoms with van der Waals surface area (Å²) in [5.74, 6) is -0.216. The van der Waals surface area contributed by atoms with Gasteiger partial charge in [-0.1, -0.05) is 24.8 Å². The number of rotatable bonds is 7. The predicted molar refractivity (Wildman–Crippen MR) is 116 cm³/mol. The molecule has 0 N–H and O–H groups in total. The number of fused-ring (bicyclic) bond motifs is 2. The molecule has 0 spiro atoms. The third-order valence-corrected chi connectivity index (χ3v) is 5.28. The number of carbonyl (C=O) groups is 1. The quantitative estimate of drug-likeness (QED) is 0.545. The second-order valence-electron chi connectivity index (χ2n) is 7.69. The second kappa shape index (κ2) is 8.35. The van der Waals surface area contributed by atoms with Crippen molar-refractivity contribution < 1.29 is 18.3 Å². The maximum Gasteiger partial charge on any atom is 0.290 e. The Labute approximate surface area is 179 Å². The van der Waals surface area contributed by atoms with Gasteiger partial charge >= 0.3 is 0 Å². The average molecular weight is 422 g/mol. The molecular weight excluding hydrogens is 399 g/mol. The Morgan fingerprint density at radius 2 is 1.94 bits per heavy atom. The van der Waals surface area contributed by atoms with Crippen LogP contribution in [0.15, 0.2) is 64.3 Å². The van der Waals surface area contributed by atoms with Crippen LogP contribution in [0.3, 0.4) is 0 Å². The molecule has 1 atom stereocenters. The average Bonchev–Trinajstić information content (AvgIpc) is 3.03. The molecule has 2 heterocycles. The van der Waals surface area contributed by atoms with Gasteiger partial charge in [0.25, 0.3) is 5.91 Å². The van der Waals surface area contributed by atoms with Crippen molar-refractivity contribution >= 4 is 16.9 Å². The summed E-state index contributed by atoms with van der Waals surface area (Å²) in [6.07, 6.45) is 1.65. The fourth-order valence-electron chi connectivity index (χ4n) is 3.78. The lowest BCUT2D eigenvalue weighted by Gasteiger charge is -2.26. The van der Waals surface area contributed by atoms with Crippen LogP contribution in [-0.2, 0) is 0 Å². The molecule has 1 aliphatic rings. The Bertz CT molecular complexity index is 1200. The molecule has 7 heteroatoms. The molecule has 1 unspecified atom stereocenters. The Hall–Kier alpha value is -3.45. The summed E-state index contributed by atoms with van der Waals surface area (Å²) in [5, 5.41) is 0.122. The third kappa shape index (κ3) is 3.84. The number of nitrogens with zero attached hydrogens (tertiary/aromatic N) is 2. The molecule has 1 aromatic heterocycles. The summed E-state index contributed by atoms with van der Waals surface area (Å²) in [5.41, 5.74) is 0.787. The van der Waals surface area contributed by atoms with E-state index in [1.165, 1.54) is 12.1 Å². The first-order valence-electron chi connectivity index (χ1n) is 9.96. The van der Waals surface area contributed by atoms with Gasteiger partial charge in [-0.3, -0.25) is 9.59 Å². The van der Waals surface area contributed by atoms with Crippen molar-refractivity contribution in [2.45, 2.75) is 6.04 Å². The Balaban J connectivity index is 1.85. The lowest BCUT2D eigenvalue weighted by Crippen LogP contribution is -2.35. The van der Waals surface area contributed by atoms with E-state index in [-0.39, 0.29) is 28.2 Å². The molecule has 2 aromatic carbocycles. The molecule has 0 bridgehead atoms. The van der Waals surface area contributed by atoms with Crippen LogP contribution in [0.1, 0.15) is 27.7 Å². The molecular formula is C24H23FN2O4. The van der Waals surface area contributed by atoms with Crippen LogP contribution >= 0.6 is 0 Å². The summed E-state index contributed by atoms with van der Waals surface area (Å²) < 4.78 is 25.2. The fraction of sp³-hybridized carbons (Fsp3) is 0.250. The van der Waals surface area contributed by atoms with Crippen LogP contribution in [0.5, 0.6) is 5.75 Å². The van der Waals surface area contributed by atoms with E-state index in [0.29, 0.717) is 25.4 Å². The van der Waals surface area contributed by atoms with Crippen molar-refractivity contribution in [1.29, 1.82) is 0 Å². The Morgan fingerprint density at radius 1 is 1.19 bits per heavy atom. The van der Waals surface area contributed by atoms with Gasteiger partial charge in [-0.2, -0.15) is 0 Å². The standard InChI is InChI=1S/C24H23FN2O4/c1-4-13-30-17-8-5-15(6-9-17)21-20-22(28)18-14-16(25)7-10-19(18)31-23(20)24(29)27(21)12-11-26(2)3/h4-10,14,21H,1,11-13H2,2-3H3. The van der Waals surface area contributed by atoms with Gasteiger partial charge in [0.15, 0.2) is 5.43 Å². The number of likely N-dealkylation sites (N-methyl/N-ethyl adjacent to an activating group) is 1. The number of benzene rings is 2. The summed E-state index contributed by atoms with van der Waals surface area (Å²) >= 11 is 0. The topological polar surface area (TPSA) is 63.0 Å². The number of amides is 1. The smallest absolute Gasteiger partial charge is 0.290 e. The van der Waals surface area contributed by atoms with Gasteiger partial charge in [-0.25, -0.2) is 4.39 Å². The monoisotopic (exact) mass is 422 g/mol. The second-order valence-corrected chi connectivity index (χ2v) is 7.69. The highest BCUT2D eigenvalue weighted by Crippen LogP contribution is 2.38. The van der Waals surface area contributed by atoms with E-state index in [1.807, 2.05) is 31.1 Å². The molecule has 160 valence electrons. The molecule has 0 fully saturated rings. The SMILES string of the molecule is C=CCOc1ccc(C2c3c(oc4ccc(F)cc4c3=O)C(=O)N2CCN(C)C)cc1. The number of halogens is 1. The van der Waals surface area contributed by atoms with Gasteiger partial charge in [0.2, 0.25) is 5.76 Å². The minimum Gasteiger partial charge on any atom is -0.490 e. The van der Waals surface area contributed by atoms with Crippen LogP contribution in [0.25, 0.3) is 11.0 Å². The van der Waals surface area contributed by atoms with Crippen LogP contribution < -0.4 is 10.2 Å². The summed E-state index contributed by atoms with van der Waals surface area (Å²) in [6.45, 7) is 5.02. The van der Waals surface area contributed by atoms with Gasteiger partial charge in [-0.15, -0.1) is 0 Å². The maximum absolute atomic E-state index is 13.8. The van der Waals surface area contributed by atoms with E-state index in [1.54, 1.807) is 23.1 Å². The first kappa shape index (κ1) is 20.8. The normalized spacial score (nSPS) is 15.5. The van der Waals surface area contributed by atoms with Gasteiger partial charge in [0.1, 0.15) is 23.8 Å². The minimum atomic E-state index is -0.625. The molecule has 0 aliphatic carbocycles. The lowest BCUT2D eigenvalue weighted by molar-refractivity contribution is 0.0716. The van der Waals surface area contributed by atoms with Crippen LogP contribution in [-0.4, -0.2) is 49.5 Å². The number of hydrogen-bond acceptors (Lipinski definition) is 5. The van der Waals surface area contributed by atoms with Gasteiger partial charge in [0.05, 0.1) is 17.0 Å². The molecule has 4 rings (SSSR count). The van der Waals surface area contributed by atoms with Gasteiger partial charge in [0, 0.05) is 13.1 Å². The van der Waals surface area contributed by atoms with Crippen molar-refractivity contribution in [3.63, 3.8) is 0 Å². The van der Waals surface area contributed by atoms with Crippen LogP contribution in [0.4, 0.5) is 4.39 Å². The number of carbonyl (C=O) groups excluding carboxylic acids is 1. The molecule has 0 saturated heterocycles. The van der Waals surface area contributed by atoms with Gasteiger partial charge < -0.3 is 19.0 Å². The van der Waals surface area contributed by atoms with E-state index in [9.17, 15) is 14.0 Å². The lowest BCUT2D eigenvalue weighted by atomic mass is 9.98. The largest absolute Gasteiger partial charge is 0.490 e. The summed E-state index contributed by atoms with van der Waals surface area (Å²) in [4.78, 5) is 30.2. The highest BCUT2D eigenvalue weighted by molar-refractivity contribution is 5.99. The number of ether oxygens (including phenoxy) is 1. The molecule has 0 saturated carbocycles. The fourth-order valence-corrected chi connectivity index (χ4v) is 3.78. The predicted octanol–water partition coefficient (Wildman–Crippen LogP) is 3.60. The van der Waals surface area contributed by atoms with E-state index in [2.05, 4.69) is 6.58 Å². The molecule has 31 heavy (non-hydrogen) atoms. The maximum atomic E-state index is 13.8. The highest BCUT2D eigenvalue weighted by Gasteiger charge is 2.42. The highest BCUT2D eigenvalue weighted by atomic mass is 19.1. The molecule has 1 aliphatic heterocycles. The number of hydrogen-bond donors (Lipinski definition) is 0. The molecule has 1 amide bonds. The molecule has 0 radical (unpaired) electrons. The zero-order valence-electron chi connectivity index (χ0n) is 17.4. The molecule has 3 aromatic rings.